The Labute approximate surface area is 133 Å². The van der Waals surface area contributed by atoms with Crippen LogP contribution in [0.3, 0.4) is 0 Å². The Balaban J connectivity index is 1.68. The van der Waals surface area contributed by atoms with Crippen LogP contribution in [0.15, 0.2) is 59.4 Å². The second-order valence-corrected chi connectivity index (χ2v) is 5.24. The lowest BCUT2D eigenvalue weighted by molar-refractivity contribution is -0.130. The molecule has 0 atom stereocenters. The molecule has 0 aliphatic carbocycles. The molecule has 0 saturated carbocycles. The smallest absolute Gasteiger partial charge is 0.363 e. The first-order valence-electron chi connectivity index (χ1n) is 6.87. The van der Waals surface area contributed by atoms with Crippen molar-refractivity contribution >= 4 is 29.5 Å². The molecular weight excluding hydrogens is 300 g/mol. The van der Waals surface area contributed by atoms with E-state index in [0.29, 0.717) is 23.0 Å². The van der Waals surface area contributed by atoms with Crippen LogP contribution in [0.5, 0.6) is 0 Å². The maximum absolute atomic E-state index is 11.8. The average molecular weight is 313 g/mol. The second-order valence-electron chi connectivity index (χ2n) is 4.81. The van der Waals surface area contributed by atoms with Gasteiger partial charge in [-0.05, 0) is 42.3 Å². The Morgan fingerprint density at radius 3 is 2.64 bits per heavy atom. The maximum Gasteiger partial charge on any atom is 0.363 e. The van der Waals surface area contributed by atoms with Crippen LogP contribution >= 0.6 is 11.6 Å². The first-order valence-corrected chi connectivity index (χ1v) is 7.25. The van der Waals surface area contributed by atoms with Crippen molar-refractivity contribution in [2.24, 2.45) is 4.99 Å². The summed E-state index contributed by atoms with van der Waals surface area (Å²) in [6.45, 7) is 0. The number of rotatable bonds is 4. The van der Waals surface area contributed by atoms with Gasteiger partial charge in [-0.15, -0.1) is 0 Å². The van der Waals surface area contributed by atoms with E-state index in [0.717, 1.165) is 12.0 Å². The van der Waals surface area contributed by atoms with E-state index in [9.17, 15) is 4.79 Å². The molecule has 110 valence electrons. The number of aromatic nitrogens is 1. The van der Waals surface area contributed by atoms with Crippen LogP contribution in [0.1, 0.15) is 17.7 Å². The minimum Gasteiger partial charge on any atom is -0.407 e. The Bertz CT molecular complexity index is 737. The number of aliphatic imine (C=N–C) groups is 1. The van der Waals surface area contributed by atoms with Gasteiger partial charge in [0.2, 0.25) is 0 Å². The molecule has 5 heteroatoms. The number of nitrogens with zero attached hydrogens (tertiary/aromatic N) is 2. The molecule has 0 radical (unpaired) electrons. The summed E-state index contributed by atoms with van der Waals surface area (Å²) >= 11 is 5.85. The summed E-state index contributed by atoms with van der Waals surface area (Å²) < 4.78 is 5.18. The molecule has 4 nitrogen and oxygen atoms in total. The Morgan fingerprint density at radius 2 is 1.91 bits per heavy atom. The molecular formula is C17H13ClN2O2. The summed E-state index contributed by atoms with van der Waals surface area (Å²) in [4.78, 5) is 20.2. The number of ether oxygens (including phenoxy) is 1. The highest BCUT2D eigenvalue weighted by molar-refractivity contribution is 6.30. The number of carbonyl (C=O) groups is 1. The monoisotopic (exact) mass is 312 g/mol. The van der Waals surface area contributed by atoms with Crippen molar-refractivity contribution in [2.75, 3.05) is 0 Å². The largest absolute Gasteiger partial charge is 0.407 e. The predicted molar refractivity (Wildman–Crippen MR) is 85.5 cm³/mol. The van der Waals surface area contributed by atoms with Gasteiger partial charge in [-0.3, -0.25) is 4.98 Å². The van der Waals surface area contributed by atoms with Crippen molar-refractivity contribution in [3.05, 3.63) is 70.6 Å². The number of pyridine rings is 1. The SMILES string of the molecule is O=C1OC(CCc2ccc(Cl)cc2)=N/C1=C/c1ccccn1. The van der Waals surface area contributed by atoms with Gasteiger partial charge in [0.25, 0.3) is 0 Å². The van der Waals surface area contributed by atoms with Crippen molar-refractivity contribution in [3.8, 4) is 0 Å². The lowest BCUT2D eigenvalue weighted by Gasteiger charge is -2.00. The zero-order valence-corrected chi connectivity index (χ0v) is 12.5. The minimum atomic E-state index is -0.434. The normalized spacial score (nSPS) is 15.8. The number of carbonyl (C=O) groups excluding carboxylic acids is 1. The third-order valence-corrected chi connectivity index (χ3v) is 3.43. The second kappa shape index (κ2) is 6.54. The zero-order valence-electron chi connectivity index (χ0n) is 11.7. The Morgan fingerprint density at radius 1 is 1.09 bits per heavy atom. The standard InChI is InChI=1S/C17H13ClN2O2/c18-13-7-4-12(5-8-13)6-9-16-20-15(17(21)22-16)11-14-3-1-2-10-19-14/h1-5,7-8,10-11H,6,9H2/b15-11+. The summed E-state index contributed by atoms with van der Waals surface area (Å²) in [7, 11) is 0. The van der Waals surface area contributed by atoms with Crippen LogP contribution < -0.4 is 0 Å². The highest BCUT2D eigenvalue weighted by Crippen LogP contribution is 2.17. The summed E-state index contributed by atoms with van der Waals surface area (Å²) in [5.41, 5.74) is 2.08. The van der Waals surface area contributed by atoms with Gasteiger partial charge in [0, 0.05) is 17.6 Å². The summed E-state index contributed by atoms with van der Waals surface area (Å²) in [5, 5.41) is 0.703. The maximum atomic E-state index is 11.8. The van der Waals surface area contributed by atoms with Gasteiger partial charge >= 0.3 is 5.97 Å². The van der Waals surface area contributed by atoms with Crippen molar-refractivity contribution in [2.45, 2.75) is 12.8 Å². The van der Waals surface area contributed by atoms with Crippen LogP contribution in [0.4, 0.5) is 0 Å². The van der Waals surface area contributed by atoms with E-state index in [2.05, 4.69) is 9.98 Å². The molecule has 0 amide bonds. The van der Waals surface area contributed by atoms with Gasteiger partial charge < -0.3 is 4.74 Å². The number of hydrogen-bond acceptors (Lipinski definition) is 4. The molecule has 0 fully saturated rings. The molecule has 0 N–H and O–H groups in total. The first kappa shape index (κ1) is 14.5. The topological polar surface area (TPSA) is 51.5 Å². The summed E-state index contributed by atoms with van der Waals surface area (Å²) in [5.74, 6) is -0.00103. The van der Waals surface area contributed by atoms with Crippen LogP contribution in [0, 0.1) is 0 Å². The first-order chi connectivity index (χ1) is 10.7. The molecule has 3 rings (SSSR count). The lowest BCUT2D eigenvalue weighted by atomic mass is 10.1. The fourth-order valence-electron chi connectivity index (χ4n) is 2.06. The highest BCUT2D eigenvalue weighted by Gasteiger charge is 2.22. The van der Waals surface area contributed by atoms with Gasteiger partial charge in [0.05, 0.1) is 5.69 Å². The molecule has 0 spiro atoms. The Hall–Kier alpha value is -2.46. The molecule has 0 bridgehead atoms. The minimum absolute atomic E-state index is 0.282. The van der Waals surface area contributed by atoms with E-state index < -0.39 is 5.97 Å². The van der Waals surface area contributed by atoms with Crippen LogP contribution in [0.25, 0.3) is 6.08 Å². The van der Waals surface area contributed by atoms with Gasteiger partial charge in [-0.1, -0.05) is 29.8 Å². The molecule has 2 aromatic rings. The van der Waals surface area contributed by atoms with Crippen LogP contribution in [0.2, 0.25) is 5.02 Å². The average Bonchev–Trinajstić information content (AvgIpc) is 2.88. The number of hydrogen-bond donors (Lipinski definition) is 0. The van der Waals surface area contributed by atoms with Crippen LogP contribution in [-0.4, -0.2) is 16.9 Å². The van der Waals surface area contributed by atoms with Crippen molar-refractivity contribution in [1.82, 2.24) is 4.98 Å². The number of benzene rings is 1. The molecule has 1 aliphatic heterocycles. The van der Waals surface area contributed by atoms with E-state index in [4.69, 9.17) is 16.3 Å². The number of halogens is 1. The fraction of sp³-hybridized carbons (Fsp3) is 0.118. The molecule has 22 heavy (non-hydrogen) atoms. The van der Waals surface area contributed by atoms with E-state index in [-0.39, 0.29) is 5.70 Å². The predicted octanol–water partition coefficient (Wildman–Crippen LogP) is 3.66. The van der Waals surface area contributed by atoms with E-state index in [1.807, 2.05) is 42.5 Å². The quantitative estimate of drug-likeness (QED) is 0.639. The van der Waals surface area contributed by atoms with E-state index in [1.165, 1.54) is 0 Å². The van der Waals surface area contributed by atoms with Crippen molar-refractivity contribution in [3.63, 3.8) is 0 Å². The molecule has 1 aliphatic rings. The third-order valence-electron chi connectivity index (χ3n) is 3.18. The van der Waals surface area contributed by atoms with Crippen molar-refractivity contribution < 1.29 is 9.53 Å². The molecule has 1 aromatic heterocycles. The van der Waals surface area contributed by atoms with Gasteiger partial charge in [0.1, 0.15) is 0 Å². The highest BCUT2D eigenvalue weighted by atomic mass is 35.5. The molecule has 0 unspecified atom stereocenters. The lowest BCUT2D eigenvalue weighted by Crippen LogP contribution is -2.05. The summed E-state index contributed by atoms with van der Waals surface area (Å²) in [6, 6.07) is 13.0. The van der Waals surface area contributed by atoms with E-state index in [1.54, 1.807) is 12.3 Å². The number of esters is 1. The number of cyclic esters (lactones) is 1. The third kappa shape index (κ3) is 3.59. The van der Waals surface area contributed by atoms with Crippen molar-refractivity contribution in [1.29, 1.82) is 0 Å². The zero-order chi connectivity index (χ0) is 15.4. The van der Waals surface area contributed by atoms with Gasteiger partial charge in [-0.2, -0.15) is 0 Å². The molecule has 1 aromatic carbocycles. The van der Waals surface area contributed by atoms with Crippen LogP contribution in [-0.2, 0) is 16.0 Å². The van der Waals surface area contributed by atoms with Gasteiger partial charge in [0.15, 0.2) is 11.6 Å². The number of aryl methyl sites for hydroxylation is 1. The molecule has 2 heterocycles. The summed E-state index contributed by atoms with van der Waals surface area (Å²) in [6.07, 6.45) is 4.59. The van der Waals surface area contributed by atoms with E-state index >= 15 is 0 Å². The Kier molecular flexibility index (Phi) is 4.30. The fourth-order valence-corrected chi connectivity index (χ4v) is 2.19. The molecule has 0 saturated heterocycles. The van der Waals surface area contributed by atoms with Gasteiger partial charge in [-0.25, -0.2) is 9.79 Å².